The Morgan fingerprint density at radius 3 is 2.66 bits per heavy atom. The van der Waals surface area contributed by atoms with Crippen molar-refractivity contribution in [1.82, 2.24) is 9.55 Å². The first-order chi connectivity index (χ1) is 13.4. The Balaban J connectivity index is 1.78. The van der Waals surface area contributed by atoms with E-state index in [2.05, 4.69) is 38.8 Å². The Kier molecular flexibility index (Phi) is 7.33. The van der Waals surface area contributed by atoms with Crippen molar-refractivity contribution in [1.29, 1.82) is 0 Å². The fourth-order valence-corrected chi connectivity index (χ4v) is 13.3. The van der Waals surface area contributed by atoms with Crippen LogP contribution in [0.4, 0.5) is 5.82 Å². The minimum Gasteiger partial charge on any atom is -0.414 e. The summed E-state index contributed by atoms with van der Waals surface area (Å²) in [5.74, 6) is 2.24. The lowest BCUT2D eigenvalue weighted by Gasteiger charge is -2.37. The first-order valence-electron chi connectivity index (χ1n) is 9.62. The second-order valence-electron chi connectivity index (χ2n) is 8.74. The molecule has 1 aromatic rings. The summed E-state index contributed by atoms with van der Waals surface area (Å²) >= 11 is 9.29. The van der Waals surface area contributed by atoms with Gasteiger partial charge in [-0.05, 0) is 36.0 Å². The molecule has 0 amide bonds. The zero-order valence-electron chi connectivity index (χ0n) is 17.5. The molecule has 2 fully saturated rings. The third-order valence-corrected chi connectivity index (χ3v) is 19.9. The van der Waals surface area contributed by atoms with Gasteiger partial charge in [0.15, 0.2) is 13.0 Å². The van der Waals surface area contributed by atoms with Crippen molar-refractivity contribution in [2.45, 2.75) is 63.8 Å². The van der Waals surface area contributed by atoms with Crippen molar-refractivity contribution in [3.63, 3.8) is 0 Å². The molecule has 7 nitrogen and oxygen atoms in total. The molecule has 29 heavy (non-hydrogen) atoms. The third kappa shape index (κ3) is 5.68. The van der Waals surface area contributed by atoms with E-state index in [1.807, 2.05) is 0 Å². The highest BCUT2D eigenvalue weighted by atomic mass is 33.2. The van der Waals surface area contributed by atoms with E-state index < -0.39 is 24.9 Å². The highest BCUT2D eigenvalue weighted by Crippen LogP contribution is 2.75. The number of ether oxygens (including phenoxy) is 1. The summed E-state index contributed by atoms with van der Waals surface area (Å²) in [6.07, 6.45) is 1.21. The van der Waals surface area contributed by atoms with Crippen molar-refractivity contribution in [2.75, 3.05) is 23.8 Å². The van der Waals surface area contributed by atoms with Crippen LogP contribution < -0.4 is 11.4 Å². The van der Waals surface area contributed by atoms with E-state index >= 15 is 0 Å². The molecule has 3 atom stereocenters. The molecule has 0 saturated carbocycles. The van der Waals surface area contributed by atoms with Gasteiger partial charge in [0.2, 0.25) is 0 Å². The predicted octanol–water partition coefficient (Wildman–Crippen LogP) is 4.22. The smallest absolute Gasteiger partial charge is 0.351 e. The molecule has 0 spiro atoms. The summed E-state index contributed by atoms with van der Waals surface area (Å²) in [6, 6.07) is 1.60. The van der Waals surface area contributed by atoms with Crippen LogP contribution in [0.1, 0.15) is 33.4 Å². The molecule has 0 bridgehead atoms. The molecule has 2 aliphatic heterocycles. The molecule has 2 aliphatic rings. The molecule has 3 heterocycles. The van der Waals surface area contributed by atoms with Gasteiger partial charge in [0, 0.05) is 24.1 Å². The lowest BCUT2D eigenvalue weighted by atomic mass is 10.2. The molecule has 0 aromatic carbocycles. The molecule has 12 heteroatoms. The Labute approximate surface area is 186 Å². The maximum Gasteiger partial charge on any atom is 0.351 e. The third-order valence-electron chi connectivity index (χ3n) is 5.60. The fraction of sp³-hybridized carbons (Fsp3) is 0.765. The van der Waals surface area contributed by atoms with Gasteiger partial charge in [0.25, 0.3) is 0 Å². The fourth-order valence-electron chi connectivity index (χ4n) is 2.85. The quantitative estimate of drug-likeness (QED) is 0.460. The summed E-state index contributed by atoms with van der Waals surface area (Å²) in [5, 5.41) is 0.0998. The van der Waals surface area contributed by atoms with Gasteiger partial charge < -0.3 is 19.4 Å². The number of anilines is 1. The normalized spacial score (nSPS) is 27.4. The first kappa shape index (κ1) is 23.8. The van der Waals surface area contributed by atoms with Crippen LogP contribution in [-0.4, -0.2) is 48.2 Å². The van der Waals surface area contributed by atoms with Gasteiger partial charge in [0.05, 0.1) is 12.7 Å². The highest BCUT2D eigenvalue weighted by molar-refractivity contribution is 9.00. The van der Waals surface area contributed by atoms with Crippen LogP contribution in [0.25, 0.3) is 0 Å². The lowest BCUT2D eigenvalue weighted by molar-refractivity contribution is -0.0378. The maximum absolute atomic E-state index is 12.3. The van der Waals surface area contributed by atoms with Crippen LogP contribution in [0.15, 0.2) is 17.1 Å². The van der Waals surface area contributed by atoms with Gasteiger partial charge in [-0.15, -0.1) is 0 Å². The number of rotatable bonds is 6. The Morgan fingerprint density at radius 1 is 1.41 bits per heavy atom. The zero-order valence-corrected chi connectivity index (χ0v) is 21.8. The highest BCUT2D eigenvalue weighted by Gasteiger charge is 2.44. The predicted molar refractivity (Wildman–Crippen MR) is 129 cm³/mol. The average Bonchev–Trinajstić information content (AvgIpc) is 3.19. The molecule has 0 unspecified atom stereocenters. The van der Waals surface area contributed by atoms with Gasteiger partial charge in [-0.3, -0.25) is 4.57 Å². The second kappa shape index (κ2) is 8.94. The van der Waals surface area contributed by atoms with Gasteiger partial charge in [-0.25, -0.2) is 4.79 Å². The van der Waals surface area contributed by atoms with E-state index in [-0.39, 0.29) is 23.1 Å². The SMILES string of the molecule is CC(C)(C)[Si](C)(C)OC[C@H]1O[C@@H](n2ccc(N)nc2=O)C[C@@H]1OP1(=S)SCCS1. The Bertz CT molecular complexity index is 838. The lowest BCUT2D eigenvalue weighted by Crippen LogP contribution is -2.44. The van der Waals surface area contributed by atoms with Gasteiger partial charge in [-0.1, -0.05) is 43.5 Å². The average molecular weight is 496 g/mol. The minimum absolute atomic E-state index is 0.0998. The van der Waals surface area contributed by atoms with Crippen LogP contribution >= 0.6 is 27.4 Å². The number of nitrogens with zero attached hydrogens (tertiary/aromatic N) is 2. The Hall–Kier alpha value is 0.127. The van der Waals surface area contributed by atoms with Crippen LogP contribution in [-0.2, 0) is 25.5 Å². The molecule has 1 aromatic heterocycles. The van der Waals surface area contributed by atoms with E-state index in [9.17, 15) is 4.79 Å². The summed E-state index contributed by atoms with van der Waals surface area (Å²) in [5.41, 5.74) is 5.20. The van der Waals surface area contributed by atoms with Crippen LogP contribution in [0.5, 0.6) is 0 Å². The molecule has 0 radical (unpaired) electrons. The zero-order chi connectivity index (χ0) is 21.4. The van der Waals surface area contributed by atoms with Crippen molar-refractivity contribution in [3.8, 4) is 0 Å². The monoisotopic (exact) mass is 495 g/mol. The Morgan fingerprint density at radius 2 is 2.07 bits per heavy atom. The van der Waals surface area contributed by atoms with Crippen LogP contribution in [0.2, 0.25) is 18.1 Å². The second-order valence-corrected chi connectivity index (χ2v) is 24.2. The molecular formula is C17H30N3O4PS3Si. The number of hydrogen-bond donors (Lipinski definition) is 1. The van der Waals surface area contributed by atoms with E-state index in [4.69, 9.17) is 31.2 Å². The number of nitrogens with two attached hydrogens (primary N) is 1. The van der Waals surface area contributed by atoms with E-state index in [0.717, 1.165) is 11.5 Å². The molecule has 3 rings (SSSR count). The molecular weight excluding hydrogens is 465 g/mol. The number of hydrogen-bond acceptors (Lipinski definition) is 9. The van der Waals surface area contributed by atoms with Crippen molar-refractivity contribution >= 4 is 53.4 Å². The van der Waals surface area contributed by atoms with Gasteiger partial charge in [0.1, 0.15) is 18.1 Å². The number of nitrogen functional groups attached to an aromatic ring is 1. The van der Waals surface area contributed by atoms with E-state index in [1.165, 1.54) is 4.57 Å². The largest absolute Gasteiger partial charge is 0.414 e. The summed E-state index contributed by atoms with van der Waals surface area (Å²) < 4.78 is 18.6. The van der Waals surface area contributed by atoms with Crippen LogP contribution in [0, 0.1) is 0 Å². The van der Waals surface area contributed by atoms with E-state index in [0.29, 0.717) is 13.0 Å². The first-order valence-corrected chi connectivity index (χ1v) is 18.4. The van der Waals surface area contributed by atoms with Gasteiger partial charge in [-0.2, -0.15) is 4.98 Å². The van der Waals surface area contributed by atoms with Crippen molar-refractivity contribution < 1.29 is 13.7 Å². The standard InChI is InChI=1S/C17H30N3O4PS3Si/c1-17(2,3)29(4,5)22-11-13-12(24-25(26)27-8-9-28-25)10-15(23-13)20-7-6-14(18)19-16(20)21/h6-7,12-13,15H,8-11H2,1-5H3,(H2,18,19,21)/t12-,13+,15+/m0/s1. The molecule has 2 N–H and O–H groups in total. The van der Waals surface area contributed by atoms with Crippen molar-refractivity contribution in [3.05, 3.63) is 22.7 Å². The summed E-state index contributed by atoms with van der Waals surface area (Å²) in [4.78, 5) is 16.1. The molecule has 0 aliphatic carbocycles. The number of aromatic nitrogens is 2. The topological polar surface area (TPSA) is 88.6 Å². The maximum atomic E-state index is 12.3. The molecule has 2 saturated heterocycles. The summed E-state index contributed by atoms with van der Waals surface area (Å²) in [6.45, 7) is 11.5. The minimum atomic E-state index is -1.97. The van der Waals surface area contributed by atoms with E-state index in [1.54, 1.807) is 35.0 Å². The van der Waals surface area contributed by atoms with Crippen molar-refractivity contribution in [2.24, 2.45) is 0 Å². The van der Waals surface area contributed by atoms with Crippen LogP contribution in [0.3, 0.4) is 0 Å². The van der Waals surface area contributed by atoms with Gasteiger partial charge >= 0.3 is 5.69 Å². The summed E-state index contributed by atoms with van der Waals surface area (Å²) in [7, 11) is -1.94. The molecule has 164 valence electrons.